The van der Waals surface area contributed by atoms with E-state index < -0.39 is 13.0 Å². The maximum atomic E-state index is 11.9. The summed E-state index contributed by atoms with van der Waals surface area (Å²) in [5.74, 6) is 1.22. The zero-order valence-corrected chi connectivity index (χ0v) is 11.7. The summed E-state index contributed by atoms with van der Waals surface area (Å²) in [7, 11) is 1.56. The van der Waals surface area contributed by atoms with Gasteiger partial charge in [-0.15, -0.1) is 13.2 Å². The Balaban J connectivity index is 1.89. The van der Waals surface area contributed by atoms with E-state index >= 15 is 0 Å². The van der Waals surface area contributed by atoms with Crippen LogP contribution < -0.4 is 14.8 Å². The summed E-state index contributed by atoms with van der Waals surface area (Å²) in [6.07, 6.45) is -2.32. The smallest absolute Gasteiger partial charge is 0.497 e. The van der Waals surface area contributed by atoms with Crippen molar-refractivity contribution in [2.75, 3.05) is 20.3 Å². The van der Waals surface area contributed by atoms with Crippen molar-refractivity contribution in [1.29, 1.82) is 0 Å². The number of benzene rings is 1. The van der Waals surface area contributed by atoms with Gasteiger partial charge in [-0.05, 0) is 31.0 Å². The zero-order valence-electron chi connectivity index (χ0n) is 11.7. The van der Waals surface area contributed by atoms with E-state index in [1.165, 1.54) is 0 Å². The molecule has 0 unspecified atom stereocenters. The fourth-order valence-corrected chi connectivity index (χ4v) is 1.81. The molecule has 0 bridgehead atoms. The minimum absolute atomic E-state index is 0.164. The maximum absolute atomic E-state index is 11.9. The van der Waals surface area contributed by atoms with Gasteiger partial charge in [-0.2, -0.15) is 0 Å². The molecule has 0 aliphatic heterocycles. The van der Waals surface area contributed by atoms with Crippen molar-refractivity contribution in [3.8, 4) is 11.5 Å². The highest BCUT2D eigenvalue weighted by Gasteiger charge is 2.28. The van der Waals surface area contributed by atoms with Crippen LogP contribution in [0.25, 0.3) is 0 Å². The molecule has 2 rings (SSSR count). The minimum Gasteiger partial charge on any atom is -0.497 e. The number of ether oxygens (including phenoxy) is 3. The fraction of sp³-hybridized carbons (Fsp3) is 0.571. The number of nitrogens with one attached hydrogen (secondary N) is 1. The number of methoxy groups -OCH3 is 1. The predicted octanol–water partition coefficient (Wildman–Crippen LogP) is 2.86. The van der Waals surface area contributed by atoms with E-state index in [1.54, 1.807) is 19.2 Å². The molecule has 0 spiro atoms. The molecule has 1 fully saturated rings. The van der Waals surface area contributed by atoms with E-state index in [0.717, 1.165) is 18.4 Å². The van der Waals surface area contributed by atoms with Crippen molar-refractivity contribution < 1.29 is 27.4 Å². The lowest BCUT2D eigenvalue weighted by Gasteiger charge is -2.14. The van der Waals surface area contributed by atoms with Gasteiger partial charge in [0.1, 0.15) is 18.1 Å². The highest BCUT2D eigenvalue weighted by Crippen LogP contribution is 2.26. The van der Waals surface area contributed by atoms with Crippen LogP contribution in [0.4, 0.5) is 13.2 Å². The number of halogens is 3. The predicted molar refractivity (Wildman–Crippen MR) is 70.4 cm³/mol. The Morgan fingerprint density at radius 1 is 1.24 bits per heavy atom. The molecular weight excluding hydrogens is 287 g/mol. The third kappa shape index (κ3) is 5.81. The molecule has 7 heteroatoms. The standard InChI is InChI=1S/C14H18F3NO3/c1-19-12-4-5-13(20-6-7-21-14(15,16)17)10(8-12)9-18-11-2-3-11/h4-5,8,11,18H,2-3,6-7,9H2,1H3. The fourth-order valence-electron chi connectivity index (χ4n) is 1.81. The molecule has 1 aliphatic carbocycles. The quantitative estimate of drug-likeness (QED) is 0.750. The Labute approximate surface area is 121 Å². The number of hydrogen-bond donors (Lipinski definition) is 1. The van der Waals surface area contributed by atoms with Gasteiger partial charge in [0.2, 0.25) is 0 Å². The number of alkyl halides is 3. The van der Waals surface area contributed by atoms with Crippen LogP contribution in [0.15, 0.2) is 18.2 Å². The van der Waals surface area contributed by atoms with Crippen molar-refractivity contribution in [2.45, 2.75) is 31.8 Å². The van der Waals surface area contributed by atoms with Crippen molar-refractivity contribution in [3.63, 3.8) is 0 Å². The van der Waals surface area contributed by atoms with Crippen molar-refractivity contribution in [2.24, 2.45) is 0 Å². The van der Waals surface area contributed by atoms with Crippen molar-refractivity contribution in [3.05, 3.63) is 23.8 Å². The number of hydrogen-bond acceptors (Lipinski definition) is 4. The molecule has 1 N–H and O–H groups in total. The minimum atomic E-state index is -4.63. The molecule has 4 nitrogen and oxygen atoms in total. The van der Waals surface area contributed by atoms with E-state index in [-0.39, 0.29) is 6.61 Å². The summed E-state index contributed by atoms with van der Waals surface area (Å²) >= 11 is 0. The molecule has 118 valence electrons. The van der Waals surface area contributed by atoms with Crippen LogP contribution in [-0.4, -0.2) is 32.7 Å². The molecular formula is C14H18F3NO3. The van der Waals surface area contributed by atoms with Gasteiger partial charge >= 0.3 is 6.36 Å². The molecule has 1 aliphatic rings. The Kier molecular flexibility index (Phi) is 5.30. The van der Waals surface area contributed by atoms with Gasteiger partial charge in [0.25, 0.3) is 0 Å². The third-order valence-electron chi connectivity index (χ3n) is 3.03. The second-order valence-corrected chi connectivity index (χ2v) is 4.77. The lowest BCUT2D eigenvalue weighted by atomic mass is 10.2. The second kappa shape index (κ2) is 7.00. The number of rotatable bonds is 8. The van der Waals surface area contributed by atoms with Crippen LogP contribution >= 0.6 is 0 Å². The second-order valence-electron chi connectivity index (χ2n) is 4.77. The third-order valence-corrected chi connectivity index (χ3v) is 3.03. The SMILES string of the molecule is COc1ccc(OCCOC(F)(F)F)c(CNC2CC2)c1. The van der Waals surface area contributed by atoms with Gasteiger partial charge in [0.15, 0.2) is 0 Å². The van der Waals surface area contributed by atoms with E-state index in [2.05, 4.69) is 10.1 Å². The van der Waals surface area contributed by atoms with Gasteiger partial charge in [-0.3, -0.25) is 4.74 Å². The molecule has 0 amide bonds. The molecule has 0 heterocycles. The van der Waals surface area contributed by atoms with E-state index in [0.29, 0.717) is 24.1 Å². The normalized spacial score (nSPS) is 15.0. The van der Waals surface area contributed by atoms with Crippen LogP contribution in [-0.2, 0) is 11.3 Å². The lowest BCUT2D eigenvalue weighted by Crippen LogP contribution is -2.19. The topological polar surface area (TPSA) is 39.7 Å². The summed E-state index contributed by atoms with van der Waals surface area (Å²) in [5, 5.41) is 3.33. The molecule has 1 saturated carbocycles. The van der Waals surface area contributed by atoms with E-state index in [4.69, 9.17) is 9.47 Å². The van der Waals surface area contributed by atoms with Crippen molar-refractivity contribution in [1.82, 2.24) is 5.32 Å². The van der Waals surface area contributed by atoms with Crippen LogP contribution in [0.1, 0.15) is 18.4 Å². The largest absolute Gasteiger partial charge is 0.522 e. The van der Waals surface area contributed by atoms with Crippen LogP contribution in [0.5, 0.6) is 11.5 Å². The first-order chi connectivity index (χ1) is 9.98. The molecule has 21 heavy (non-hydrogen) atoms. The average Bonchev–Trinajstić information content (AvgIpc) is 3.25. The first kappa shape index (κ1) is 15.9. The molecule has 0 radical (unpaired) electrons. The van der Waals surface area contributed by atoms with Crippen molar-refractivity contribution >= 4 is 0 Å². The molecule has 0 aromatic heterocycles. The van der Waals surface area contributed by atoms with Gasteiger partial charge in [0.05, 0.1) is 13.7 Å². The lowest BCUT2D eigenvalue weighted by molar-refractivity contribution is -0.325. The Hall–Kier alpha value is -1.47. The highest BCUT2D eigenvalue weighted by atomic mass is 19.4. The van der Waals surface area contributed by atoms with Crippen LogP contribution in [0.3, 0.4) is 0 Å². The van der Waals surface area contributed by atoms with Gasteiger partial charge in [-0.1, -0.05) is 0 Å². The summed E-state index contributed by atoms with van der Waals surface area (Å²) in [6.45, 7) is -0.107. The van der Waals surface area contributed by atoms with Crippen LogP contribution in [0, 0.1) is 0 Å². The first-order valence-corrected chi connectivity index (χ1v) is 6.72. The monoisotopic (exact) mass is 305 g/mol. The molecule has 0 atom stereocenters. The van der Waals surface area contributed by atoms with Gasteiger partial charge in [-0.25, -0.2) is 0 Å². The Bertz CT molecular complexity index is 461. The maximum Gasteiger partial charge on any atom is 0.522 e. The summed E-state index contributed by atoms with van der Waals surface area (Å²) in [5.41, 5.74) is 0.855. The zero-order chi connectivity index (χ0) is 15.3. The molecule has 1 aromatic rings. The summed E-state index contributed by atoms with van der Waals surface area (Å²) in [4.78, 5) is 0. The molecule has 1 aromatic carbocycles. The summed E-state index contributed by atoms with van der Waals surface area (Å²) < 4.78 is 49.8. The molecule has 0 saturated heterocycles. The summed E-state index contributed by atoms with van der Waals surface area (Å²) in [6, 6.07) is 5.74. The first-order valence-electron chi connectivity index (χ1n) is 6.72. The Morgan fingerprint density at radius 2 is 2.00 bits per heavy atom. The Morgan fingerprint density at radius 3 is 2.62 bits per heavy atom. The van der Waals surface area contributed by atoms with Gasteiger partial charge in [0, 0.05) is 18.2 Å². The average molecular weight is 305 g/mol. The highest BCUT2D eigenvalue weighted by molar-refractivity contribution is 5.40. The van der Waals surface area contributed by atoms with Gasteiger partial charge < -0.3 is 14.8 Å². The van der Waals surface area contributed by atoms with E-state index in [9.17, 15) is 13.2 Å². The van der Waals surface area contributed by atoms with Crippen LogP contribution in [0.2, 0.25) is 0 Å². The van der Waals surface area contributed by atoms with E-state index in [1.807, 2.05) is 6.07 Å².